The van der Waals surface area contributed by atoms with Gasteiger partial charge in [0.2, 0.25) is 0 Å². The summed E-state index contributed by atoms with van der Waals surface area (Å²) in [4.78, 5) is 4.22. The van der Waals surface area contributed by atoms with Gasteiger partial charge in [-0.2, -0.15) is 0 Å². The molecular formula is C12H7N. The molecule has 0 atom stereocenters. The quantitative estimate of drug-likeness (QED) is 0.485. The Balaban J connectivity index is 2.52. The molecule has 0 aliphatic carbocycles. The van der Waals surface area contributed by atoms with Crippen LogP contribution < -0.4 is 0 Å². The summed E-state index contributed by atoms with van der Waals surface area (Å²) in [6, 6.07) is 12.5. The minimum atomic E-state index is 1.05. The number of benzene rings is 2. The number of hydrogen-bond donors (Lipinski definition) is 0. The summed E-state index contributed by atoms with van der Waals surface area (Å²) in [5, 5.41) is 2.45. The van der Waals surface area contributed by atoms with Gasteiger partial charge in [-0.1, -0.05) is 36.4 Å². The molecule has 0 unspecified atom stereocenters. The first kappa shape index (κ1) is 6.64. The maximum atomic E-state index is 4.22. The summed E-state index contributed by atoms with van der Waals surface area (Å²) in [7, 11) is 0. The lowest BCUT2D eigenvalue weighted by Gasteiger charge is -2.01. The molecule has 1 heterocycles. The van der Waals surface area contributed by atoms with E-state index in [-0.39, 0.29) is 0 Å². The van der Waals surface area contributed by atoms with Gasteiger partial charge in [0.05, 0.1) is 5.69 Å². The van der Waals surface area contributed by atoms with Crippen LogP contribution in [0.3, 0.4) is 0 Å². The molecule has 2 aromatic carbocycles. The topological polar surface area (TPSA) is 12.4 Å². The lowest BCUT2D eigenvalue weighted by atomic mass is 10.1. The standard InChI is InChI=1S/C12H7N/c1-2-4-11-9(3-1)5-6-10-7-8-13-12(10)11/h1-7H. The van der Waals surface area contributed by atoms with Gasteiger partial charge in [0.15, 0.2) is 0 Å². The SMILES string of the molecule is C1=Cc2ccc3ccccc3c2N=1. The van der Waals surface area contributed by atoms with E-state index in [2.05, 4.69) is 35.1 Å². The number of nitrogens with zero attached hydrogens (tertiary/aromatic N) is 1. The second-order valence-corrected chi connectivity index (χ2v) is 3.11. The fraction of sp³-hybridized carbons (Fsp3) is 0. The van der Waals surface area contributed by atoms with Crippen molar-refractivity contribution in [1.29, 1.82) is 0 Å². The van der Waals surface area contributed by atoms with Gasteiger partial charge < -0.3 is 0 Å². The molecule has 0 fully saturated rings. The van der Waals surface area contributed by atoms with Crippen LogP contribution in [0.2, 0.25) is 0 Å². The van der Waals surface area contributed by atoms with Crippen molar-refractivity contribution >= 4 is 28.4 Å². The van der Waals surface area contributed by atoms with Crippen LogP contribution in [-0.2, 0) is 0 Å². The second kappa shape index (κ2) is 2.32. The van der Waals surface area contributed by atoms with Crippen LogP contribution in [0.1, 0.15) is 5.56 Å². The van der Waals surface area contributed by atoms with Crippen LogP contribution in [-0.4, -0.2) is 5.87 Å². The van der Waals surface area contributed by atoms with Gasteiger partial charge in [-0.15, -0.1) is 0 Å². The Labute approximate surface area is 76.0 Å². The minimum Gasteiger partial charge on any atom is -0.205 e. The molecule has 0 spiro atoms. The highest BCUT2D eigenvalue weighted by atomic mass is 14.7. The number of fused-ring (bicyclic) bond motifs is 3. The van der Waals surface area contributed by atoms with Crippen LogP contribution in [0.15, 0.2) is 41.4 Å². The van der Waals surface area contributed by atoms with E-state index in [1.165, 1.54) is 16.3 Å². The summed E-state index contributed by atoms with van der Waals surface area (Å²) in [5.41, 5.74) is 2.22. The van der Waals surface area contributed by atoms with E-state index in [1.807, 2.05) is 18.2 Å². The average molecular weight is 165 g/mol. The Hall–Kier alpha value is -1.85. The molecule has 1 aliphatic rings. The monoisotopic (exact) mass is 165 g/mol. The molecule has 0 bridgehead atoms. The maximum absolute atomic E-state index is 4.22. The second-order valence-electron chi connectivity index (χ2n) is 3.11. The number of aliphatic imine (C=N–C) groups is 1. The third-order valence-corrected chi connectivity index (χ3v) is 2.33. The smallest absolute Gasteiger partial charge is 0.0887 e. The van der Waals surface area contributed by atoms with Crippen molar-refractivity contribution in [3.05, 3.63) is 42.0 Å². The molecule has 0 saturated carbocycles. The van der Waals surface area contributed by atoms with Gasteiger partial charge in [-0.3, -0.25) is 0 Å². The third kappa shape index (κ3) is 0.851. The molecule has 1 heteroatoms. The van der Waals surface area contributed by atoms with Crippen molar-refractivity contribution in [3.8, 4) is 0 Å². The molecule has 0 saturated heterocycles. The van der Waals surface area contributed by atoms with Crippen molar-refractivity contribution in [2.45, 2.75) is 0 Å². The summed E-state index contributed by atoms with van der Waals surface area (Å²) in [6.45, 7) is 0. The van der Waals surface area contributed by atoms with E-state index in [1.54, 1.807) is 0 Å². The first-order valence-electron chi connectivity index (χ1n) is 4.26. The Bertz CT molecular complexity index is 546. The Kier molecular flexibility index (Phi) is 1.18. The fourth-order valence-corrected chi connectivity index (χ4v) is 1.68. The first-order valence-corrected chi connectivity index (χ1v) is 4.26. The van der Waals surface area contributed by atoms with Crippen LogP contribution in [0.25, 0.3) is 16.8 Å². The Morgan fingerprint density at radius 1 is 1.00 bits per heavy atom. The van der Waals surface area contributed by atoms with Crippen LogP contribution >= 0.6 is 0 Å². The molecule has 0 N–H and O–H groups in total. The summed E-state index contributed by atoms with van der Waals surface area (Å²) in [5.74, 6) is 2.88. The zero-order valence-corrected chi connectivity index (χ0v) is 6.99. The van der Waals surface area contributed by atoms with Crippen molar-refractivity contribution in [2.75, 3.05) is 0 Å². The molecule has 60 valence electrons. The van der Waals surface area contributed by atoms with Crippen LogP contribution in [0.5, 0.6) is 0 Å². The maximum Gasteiger partial charge on any atom is 0.0887 e. The van der Waals surface area contributed by atoms with Gasteiger partial charge in [0.1, 0.15) is 0 Å². The molecule has 3 rings (SSSR count). The highest BCUT2D eigenvalue weighted by Crippen LogP contribution is 2.32. The lowest BCUT2D eigenvalue weighted by Crippen LogP contribution is -1.75. The molecule has 0 aromatic heterocycles. The van der Waals surface area contributed by atoms with Gasteiger partial charge in [-0.25, -0.2) is 4.99 Å². The van der Waals surface area contributed by atoms with Gasteiger partial charge in [0.25, 0.3) is 0 Å². The molecule has 0 radical (unpaired) electrons. The van der Waals surface area contributed by atoms with Gasteiger partial charge >= 0.3 is 0 Å². The predicted octanol–water partition coefficient (Wildman–Crippen LogP) is 3.17. The van der Waals surface area contributed by atoms with E-state index in [9.17, 15) is 0 Å². The molecule has 2 aromatic rings. The average Bonchev–Trinajstić information content (AvgIpc) is 2.65. The first-order chi connectivity index (χ1) is 6.45. The molecule has 0 amide bonds. The zero-order chi connectivity index (χ0) is 8.67. The normalized spacial score (nSPS) is 12.3. The molecular weight excluding hydrogens is 158 g/mol. The van der Waals surface area contributed by atoms with Gasteiger partial charge in [-0.05, 0) is 11.3 Å². The minimum absolute atomic E-state index is 1.05. The van der Waals surface area contributed by atoms with E-state index < -0.39 is 0 Å². The molecule has 13 heavy (non-hydrogen) atoms. The van der Waals surface area contributed by atoms with Crippen LogP contribution in [0, 0.1) is 0 Å². The van der Waals surface area contributed by atoms with E-state index in [0.29, 0.717) is 0 Å². The molecule has 1 nitrogen and oxygen atoms in total. The van der Waals surface area contributed by atoms with Crippen molar-refractivity contribution < 1.29 is 0 Å². The number of hydrogen-bond acceptors (Lipinski definition) is 1. The van der Waals surface area contributed by atoms with Crippen molar-refractivity contribution in [3.63, 3.8) is 0 Å². The molecule has 1 aliphatic heterocycles. The van der Waals surface area contributed by atoms with Crippen LogP contribution in [0.4, 0.5) is 5.69 Å². The summed E-state index contributed by atoms with van der Waals surface area (Å²) in [6.07, 6.45) is 1.92. The van der Waals surface area contributed by atoms with Crippen molar-refractivity contribution in [2.24, 2.45) is 4.99 Å². The lowest BCUT2D eigenvalue weighted by molar-refractivity contribution is 1.59. The highest BCUT2D eigenvalue weighted by molar-refractivity contribution is 6.03. The largest absolute Gasteiger partial charge is 0.205 e. The summed E-state index contributed by atoms with van der Waals surface area (Å²) >= 11 is 0. The Morgan fingerprint density at radius 3 is 2.92 bits per heavy atom. The van der Waals surface area contributed by atoms with Gasteiger partial charge in [0, 0.05) is 17.0 Å². The van der Waals surface area contributed by atoms with E-state index in [4.69, 9.17) is 0 Å². The highest BCUT2D eigenvalue weighted by Gasteiger charge is 2.06. The Morgan fingerprint density at radius 2 is 1.92 bits per heavy atom. The van der Waals surface area contributed by atoms with E-state index >= 15 is 0 Å². The van der Waals surface area contributed by atoms with E-state index in [0.717, 1.165) is 5.69 Å². The summed E-state index contributed by atoms with van der Waals surface area (Å²) < 4.78 is 0. The zero-order valence-electron chi connectivity index (χ0n) is 6.99. The predicted molar refractivity (Wildman–Crippen MR) is 55.5 cm³/mol. The third-order valence-electron chi connectivity index (χ3n) is 2.33. The fourth-order valence-electron chi connectivity index (χ4n) is 1.68. The number of rotatable bonds is 0. The van der Waals surface area contributed by atoms with Crippen molar-refractivity contribution in [1.82, 2.24) is 0 Å².